The monoisotopic (exact) mass is 456 g/mol. The number of hydrogen-bond donors (Lipinski definition) is 1. The van der Waals surface area contributed by atoms with Crippen LogP contribution < -0.4 is 5.30 Å². The number of rotatable bonds is 10. The summed E-state index contributed by atoms with van der Waals surface area (Å²) in [5, 5.41) is 11.6. The van der Waals surface area contributed by atoms with Gasteiger partial charge in [0.15, 0.2) is 0 Å². The maximum Gasteiger partial charge on any atom is 0.216 e. The molecular formula is C28H41O3P. The van der Waals surface area contributed by atoms with E-state index in [0.29, 0.717) is 6.61 Å². The van der Waals surface area contributed by atoms with E-state index in [2.05, 4.69) is 46.8 Å². The molecule has 0 aliphatic rings. The molecule has 1 unspecified atom stereocenters. The second-order valence-corrected chi connectivity index (χ2v) is 12.5. The summed E-state index contributed by atoms with van der Waals surface area (Å²) in [4.78, 5) is 13.7. The largest absolute Gasteiger partial charge is 0.390 e. The molecule has 0 amide bonds. The van der Waals surface area contributed by atoms with Gasteiger partial charge >= 0.3 is 0 Å². The number of carbonyl (C=O) groups is 1. The fraction of sp³-hybridized carbons (Fsp3) is 0.536. The fourth-order valence-corrected chi connectivity index (χ4v) is 6.05. The molecule has 0 heterocycles. The predicted octanol–water partition coefficient (Wildman–Crippen LogP) is 7.09. The number of aryl methyl sites for hydroxylation is 3. The molecule has 3 nitrogen and oxygen atoms in total. The first kappa shape index (κ1) is 26.7. The molecule has 0 spiro atoms. The van der Waals surface area contributed by atoms with E-state index in [0.717, 1.165) is 40.4 Å². The van der Waals surface area contributed by atoms with Crippen LogP contribution in [-0.2, 0) is 4.52 Å². The van der Waals surface area contributed by atoms with Crippen molar-refractivity contribution >= 4 is 19.0 Å². The van der Waals surface area contributed by atoms with Gasteiger partial charge in [-0.3, -0.25) is 4.79 Å². The van der Waals surface area contributed by atoms with Gasteiger partial charge in [0.05, 0.1) is 12.2 Å². The van der Waals surface area contributed by atoms with Crippen molar-refractivity contribution in [3.8, 4) is 0 Å². The van der Waals surface area contributed by atoms with Gasteiger partial charge in [-0.1, -0.05) is 75.7 Å². The van der Waals surface area contributed by atoms with E-state index in [4.69, 9.17) is 4.52 Å². The predicted molar refractivity (Wildman–Crippen MR) is 137 cm³/mol. The second-order valence-electron chi connectivity index (χ2n) is 10.7. The van der Waals surface area contributed by atoms with Crippen LogP contribution in [0.3, 0.4) is 0 Å². The number of aliphatic hydroxyl groups is 1. The molecule has 0 aromatic heterocycles. The Kier molecular flexibility index (Phi) is 8.48. The summed E-state index contributed by atoms with van der Waals surface area (Å²) in [6.07, 6.45) is 1.73. The smallest absolute Gasteiger partial charge is 0.216 e. The van der Waals surface area contributed by atoms with Crippen molar-refractivity contribution in [2.75, 3.05) is 6.61 Å². The summed E-state index contributed by atoms with van der Waals surface area (Å²) >= 11 is 0. The van der Waals surface area contributed by atoms with Crippen LogP contribution in [0, 0.1) is 31.6 Å². The third-order valence-electron chi connectivity index (χ3n) is 7.45. The molecular weight excluding hydrogens is 415 g/mol. The Labute approximate surface area is 196 Å². The molecule has 1 N–H and O–H groups in total. The van der Waals surface area contributed by atoms with Crippen molar-refractivity contribution in [1.82, 2.24) is 0 Å². The van der Waals surface area contributed by atoms with Crippen LogP contribution in [0.25, 0.3) is 0 Å². The molecule has 0 saturated heterocycles. The van der Waals surface area contributed by atoms with Gasteiger partial charge in [0, 0.05) is 10.9 Å². The van der Waals surface area contributed by atoms with Crippen molar-refractivity contribution in [1.29, 1.82) is 0 Å². The standard InChI is InChI=1S/C28H41O3P/c1-20-18-21(2)24(22(3)19-20)25(29)32(23-14-11-10-12-15-23)31-17-13-16-26(4,5)27(6,7)28(8,9)30/h10-12,14-15,18-19,30H,13,16-17H2,1-9H3. The zero-order chi connectivity index (χ0) is 24.3. The Bertz CT molecular complexity index is 900. The molecule has 2 rings (SSSR count). The van der Waals surface area contributed by atoms with E-state index >= 15 is 0 Å². The number of benzene rings is 2. The van der Waals surface area contributed by atoms with Crippen LogP contribution in [0.2, 0.25) is 0 Å². The van der Waals surface area contributed by atoms with Crippen molar-refractivity contribution in [3.63, 3.8) is 0 Å². The Hall–Kier alpha value is -1.54. The van der Waals surface area contributed by atoms with Crippen LogP contribution in [0.4, 0.5) is 0 Å². The van der Waals surface area contributed by atoms with Crippen molar-refractivity contribution in [2.45, 2.75) is 80.8 Å². The minimum atomic E-state index is -1.42. The molecule has 0 radical (unpaired) electrons. The quantitative estimate of drug-likeness (QED) is 0.306. The summed E-state index contributed by atoms with van der Waals surface area (Å²) in [6.45, 7) is 19.0. The first-order valence-electron chi connectivity index (χ1n) is 11.5. The summed E-state index contributed by atoms with van der Waals surface area (Å²) in [5.74, 6) is 0. The van der Waals surface area contributed by atoms with Gasteiger partial charge in [-0.2, -0.15) is 0 Å². The number of hydrogen-bond acceptors (Lipinski definition) is 3. The number of carbonyl (C=O) groups excluding carboxylic acids is 1. The lowest BCUT2D eigenvalue weighted by atomic mass is 9.58. The van der Waals surface area contributed by atoms with Gasteiger partial charge in [0.2, 0.25) is 5.52 Å². The minimum absolute atomic E-state index is 0.0808. The van der Waals surface area contributed by atoms with Crippen LogP contribution >= 0.6 is 8.15 Å². The van der Waals surface area contributed by atoms with E-state index in [1.165, 1.54) is 0 Å². The van der Waals surface area contributed by atoms with E-state index < -0.39 is 13.7 Å². The fourth-order valence-electron chi connectivity index (χ4n) is 4.24. The molecule has 0 fully saturated rings. The summed E-state index contributed by atoms with van der Waals surface area (Å²) < 4.78 is 6.33. The Morgan fingerprint density at radius 1 is 0.938 bits per heavy atom. The average molecular weight is 457 g/mol. The third-order valence-corrected chi connectivity index (χ3v) is 9.25. The normalized spacial score (nSPS) is 13.8. The van der Waals surface area contributed by atoms with Crippen LogP contribution in [0.1, 0.15) is 81.4 Å². The Morgan fingerprint density at radius 3 is 1.97 bits per heavy atom. The van der Waals surface area contributed by atoms with Gasteiger partial charge < -0.3 is 9.63 Å². The maximum atomic E-state index is 13.7. The molecule has 1 atom stereocenters. The summed E-state index contributed by atoms with van der Waals surface area (Å²) in [5.41, 5.74) is 2.91. The van der Waals surface area contributed by atoms with E-state index in [1.54, 1.807) is 0 Å². The highest BCUT2D eigenvalue weighted by Crippen LogP contribution is 2.49. The average Bonchev–Trinajstić information content (AvgIpc) is 2.66. The molecule has 4 heteroatoms. The highest BCUT2D eigenvalue weighted by Gasteiger charge is 2.46. The molecule has 32 heavy (non-hydrogen) atoms. The van der Waals surface area contributed by atoms with E-state index in [-0.39, 0.29) is 16.4 Å². The minimum Gasteiger partial charge on any atom is -0.390 e. The zero-order valence-electron chi connectivity index (χ0n) is 21.4. The Morgan fingerprint density at radius 2 is 1.47 bits per heavy atom. The molecule has 176 valence electrons. The lowest BCUT2D eigenvalue weighted by Crippen LogP contribution is -2.49. The van der Waals surface area contributed by atoms with Gasteiger partial charge in [-0.05, 0) is 69.4 Å². The van der Waals surface area contributed by atoms with E-state index in [9.17, 15) is 9.90 Å². The Balaban J connectivity index is 2.20. The molecule has 0 aliphatic heterocycles. The molecule has 0 saturated carbocycles. The topological polar surface area (TPSA) is 46.5 Å². The van der Waals surface area contributed by atoms with E-state index in [1.807, 2.05) is 58.0 Å². The van der Waals surface area contributed by atoms with Gasteiger partial charge in [0.25, 0.3) is 0 Å². The van der Waals surface area contributed by atoms with Crippen molar-refractivity contribution in [3.05, 3.63) is 64.7 Å². The third kappa shape index (κ3) is 5.87. The van der Waals surface area contributed by atoms with Gasteiger partial charge in [-0.15, -0.1) is 0 Å². The molecule has 0 aliphatic carbocycles. The maximum absolute atomic E-state index is 13.7. The summed E-state index contributed by atoms with van der Waals surface area (Å²) in [6, 6.07) is 14.0. The first-order chi connectivity index (χ1) is 14.7. The first-order valence-corrected chi connectivity index (χ1v) is 12.8. The van der Waals surface area contributed by atoms with Crippen LogP contribution in [0.5, 0.6) is 0 Å². The van der Waals surface area contributed by atoms with Gasteiger partial charge in [-0.25, -0.2) is 0 Å². The van der Waals surface area contributed by atoms with Gasteiger partial charge in [0.1, 0.15) is 8.15 Å². The molecule has 2 aromatic rings. The zero-order valence-corrected chi connectivity index (χ0v) is 22.3. The molecule has 2 aromatic carbocycles. The SMILES string of the molecule is Cc1cc(C)c(C(=O)P(OCCCC(C)(C)C(C)(C)C(C)(C)O)c2ccccc2)c(C)c1. The van der Waals surface area contributed by atoms with Crippen molar-refractivity contribution < 1.29 is 14.4 Å². The lowest BCUT2D eigenvalue weighted by Gasteiger charge is -2.49. The second kappa shape index (κ2) is 10.2. The lowest BCUT2D eigenvalue weighted by molar-refractivity contribution is -0.105. The summed E-state index contributed by atoms with van der Waals surface area (Å²) in [7, 11) is -1.42. The van der Waals surface area contributed by atoms with Crippen LogP contribution in [-0.4, -0.2) is 22.8 Å². The molecule has 0 bridgehead atoms. The highest BCUT2D eigenvalue weighted by atomic mass is 31.1. The van der Waals surface area contributed by atoms with Crippen molar-refractivity contribution in [2.24, 2.45) is 10.8 Å². The van der Waals surface area contributed by atoms with Crippen LogP contribution in [0.15, 0.2) is 42.5 Å². The highest BCUT2D eigenvalue weighted by molar-refractivity contribution is 7.78.